The standard InChI is InChI=1S/C14H11N3S/c18-14-16-15-13(11-7-3-1-4-8-11)17(14)12-9-5-2-6-10-12/h1-10H,(H,16,18). The summed E-state index contributed by atoms with van der Waals surface area (Å²) < 4.78 is 2.53. The van der Waals surface area contributed by atoms with E-state index in [2.05, 4.69) is 10.2 Å². The van der Waals surface area contributed by atoms with Crippen molar-refractivity contribution in [3.05, 3.63) is 65.4 Å². The van der Waals surface area contributed by atoms with Crippen LogP contribution in [-0.2, 0) is 0 Å². The number of hydrogen-bond acceptors (Lipinski definition) is 2. The van der Waals surface area contributed by atoms with Gasteiger partial charge >= 0.3 is 0 Å². The van der Waals surface area contributed by atoms with Gasteiger partial charge in [0.1, 0.15) is 0 Å². The molecule has 0 spiro atoms. The quantitative estimate of drug-likeness (QED) is 0.708. The van der Waals surface area contributed by atoms with Gasteiger partial charge in [-0.1, -0.05) is 48.5 Å². The smallest absolute Gasteiger partial charge is 0.200 e. The zero-order valence-electron chi connectivity index (χ0n) is 9.58. The molecule has 1 heterocycles. The van der Waals surface area contributed by atoms with E-state index in [4.69, 9.17) is 12.2 Å². The molecule has 4 heteroatoms. The van der Waals surface area contributed by atoms with Gasteiger partial charge in [-0.2, -0.15) is 5.10 Å². The molecule has 0 atom stereocenters. The lowest BCUT2D eigenvalue weighted by Gasteiger charge is -2.06. The Morgan fingerprint density at radius 2 is 1.50 bits per heavy atom. The van der Waals surface area contributed by atoms with Crippen molar-refractivity contribution in [2.24, 2.45) is 0 Å². The molecule has 0 aliphatic heterocycles. The minimum Gasteiger partial charge on any atom is -0.268 e. The first-order valence-corrected chi connectivity index (χ1v) is 6.05. The number of benzene rings is 2. The van der Waals surface area contributed by atoms with Crippen LogP contribution < -0.4 is 0 Å². The number of nitrogens with zero attached hydrogens (tertiary/aromatic N) is 2. The average Bonchev–Trinajstić information content (AvgIpc) is 2.83. The lowest BCUT2D eigenvalue weighted by molar-refractivity contribution is 1.04. The Labute approximate surface area is 110 Å². The number of aromatic nitrogens is 3. The molecule has 0 aliphatic carbocycles. The maximum absolute atomic E-state index is 5.30. The summed E-state index contributed by atoms with van der Waals surface area (Å²) in [5.41, 5.74) is 2.05. The highest BCUT2D eigenvalue weighted by molar-refractivity contribution is 7.71. The van der Waals surface area contributed by atoms with E-state index in [0.29, 0.717) is 4.77 Å². The predicted octanol–water partition coefficient (Wildman–Crippen LogP) is 3.60. The topological polar surface area (TPSA) is 33.6 Å². The monoisotopic (exact) mass is 253 g/mol. The van der Waals surface area contributed by atoms with Crippen molar-refractivity contribution < 1.29 is 0 Å². The molecule has 3 rings (SSSR count). The molecule has 0 saturated heterocycles. The summed E-state index contributed by atoms with van der Waals surface area (Å²) in [6.45, 7) is 0. The molecule has 0 amide bonds. The van der Waals surface area contributed by atoms with Crippen molar-refractivity contribution in [3.8, 4) is 17.1 Å². The minimum absolute atomic E-state index is 0.597. The highest BCUT2D eigenvalue weighted by Gasteiger charge is 2.09. The summed E-state index contributed by atoms with van der Waals surface area (Å²) in [5.74, 6) is 0.826. The molecule has 0 unspecified atom stereocenters. The molecule has 0 bridgehead atoms. The van der Waals surface area contributed by atoms with Crippen molar-refractivity contribution in [2.45, 2.75) is 0 Å². The second-order valence-electron chi connectivity index (χ2n) is 3.89. The van der Waals surface area contributed by atoms with Crippen molar-refractivity contribution in [1.82, 2.24) is 14.8 Å². The third kappa shape index (κ3) is 1.87. The number of hydrogen-bond donors (Lipinski definition) is 1. The molecule has 2 aromatic carbocycles. The Morgan fingerprint density at radius 3 is 2.17 bits per heavy atom. The van der Waals surface area contributed by atoms with Crippen molar-refractivity contribution in [2.75, 3.05) is 0 Å². The molecule has 3 aromatic rings. The van der Waals surface area contributed by atoms with E-state index >= 15 is 0 Å². The third-order valence-electron chi connectivity index (χ3n) is 2.72. The van der Waals surface area contributed by atoms with Crippen LogP contribution in [-0.4, -0.2) is 14.8 Å². The fourth-order valence-corrected chi connectivity index (χ4v) is 2.13. The summed E-state index contributed by atoms with van der Waals surface area (Å²) in [6, 6.07) is 20.0. The van der Waals surface area contributed by atoms with Gasteiger partial charge in [0.25, 0.3) is 0 Å². The highest BCUT2D eigenvalue weighted by Crippen LogP contribution is 2.20. The molecule has 0 saturated carbocycles. The van der Waals surface area contributed by atoms with Crippen LogP contribution in [0.3, 0.4) is 0 Å². The first-order chi connectivity index (χ1) is 8.86. The number of rotatable bonds is 2. The van der Waals surface area contributed by atoms with Crippen LogP contribution in [0.5, 0.6) is 0 Å². The number of H-pyrrole nitrogens is 1. The maximum Gasteiger partial charge on any atom is 0.200 e. The fraction of sp³-hybridized carbons (Fsp3) is 0. The summed E-state index contributed by atoms with van der Waals surface area (Å²) in [4.78, 5) is 0. The van der Waals surface area contributed by atoms with Gasteiger partial charge in [-0.15, -0.1) is 0 Å². The van der Waals surface area contributed by atoms with Crippen LogP contribution in [0.25, 0.3) is 17.1 Å². The van der Waals surface area contributed by atoms with Crippen molar-refractivity contribution in [1.29, 1.82) is 0 Å². The van der Waals surface area contributed by atoms with E-state index < -0.39 is 0 Å². The van der Waals surface area contributed by atoms with Crippen LogP contribution in [0.1, 0.15) is 0 Å². The van der Waals surface area contributed by atoms with E-state index in [9.17, 15) is 0 Å². The predicted molar refractivity (Wildman–Crippen MR) is 74.2 cm³/mol. The lowest BCUT2D eigenvalue weighted by Crippen LogP contribution is -1.97. The van der Waals surface area contributed by atoms with Gasteiger partial charge < -0.3 is 0 Å². The van der Waals surface area contributed by atoms with Crippen LogP contribution in [0, 0.1) is 4.77 Å². The highest BCUT2D eigenvalue weighted by atomic mass is 32.1. The molecule has 88 valence electrons. The van der Waals surface area contributed by atoms with E-state index in [1.165, 1.54) is 0 Å². The molecule has 0 fully saturated rings. The first-order valence-electron chi connectivity index (χ1n) is 5.64. The molecular weight excluding hydrogens is 242 g/mol. The van der Waals surface area contributed by atoms with E-state index in [-0.39, 0.29) is 0 Å². The fourth-order valence-electron chi connectivity index (χ4n) is 1.89. The van der Waals surface area contributed by atoms with Gasteiger partial charge in [-0.25, -0.2) is 0 Å². The maximum atomic E-state index is 5.30. The first kappa shape index (κ1) is 10.9. The molecule has 1 aromatic heterocycles. The van der Waals surface area contributed by atoms with E-state index in [1.807, 2.05) is 65.2 Å². The zero-order chi connectivity index (χ0) is 12.4. The van der Waals surface area contributed by atoms with Gasteiger partial charge in [0.15, 0.2) is 10.6 Å². The lowest BCUT2D eigenvalue weighted by atomic mass is 10.2. The second kappa shape index (κ2) is 4.58. The zero-order valence-corrected chi connectivity index (χ0v) is 10.4. The van der Waals surface area contributed by atoms with Crippen LogP contribution in [0.4, 0.5) is 0 Å². The molecule has 0 aliphatic rings. The second-order valence-corrected chi connectivity index (χ2v) is 4.28. The molecule has 18 heavy (non-hydrogen) atoms. The van der Waals surface area contributed by atoms with Gasteiger partial charge in [0.2, 0.25) is 0 Å². The van der Waals surface area contributed by atoms with Gasteiger partial charge in [0, 0.05) is 11.3 Å². The van der Waals surface area contributed by atoms with Gasteiger partial charge in [-0.3, -0.25) is 9.67 Å². The molecule has 3 nitrogen and oxygen atoms in total. The average molecular weight is 253 g/mol. The van der Waals surface area contributed by atoms with Crippen molar-refractivity contribution >= 4 is 12.2 Å². The summed E-state index contributed by atoms with van der Waals surface area (Å²) in [7, 11) is 0. The minimum atomic E-state index is 0.597. The van der Waals surface area contributed by atoms with Crippen LogP contribution in [0.15, 0.2) is 60.7 Å². The normalized spacial score (nSPS) is 10.4. The van der Waals surface area contributed by atoms with Crippen LogP contribution >= 0.6 is 12.2 Å². The largest absolute Gasteiger partial charge is 0.268 e. The summed E-state index contributed by atoms with van der Waals surface area (Å²) >= 11 is 5.30. The van der Waals surface area contributed by atoms with Crippen molar-refractivity contribution in [3.63, 3.8) is 0 Å². The number of aromatic amines is 1. The van der Waals surface area contributed by atoms with E-state index in [0.717, 1.165) is 17.1 Å². The summed E-state index contributed by atoms with van der Waals surface area (Å²) in [5, 5.41) is 7.16. The Morgan fingerprint density at radius 1 is 0.889 bits per heavy atom. The van der Waals surface area contributed by atoms with Gasteiger partial charge in [0.05, 0.1) is 0 Å². The summed E-state index contributed by atoms with van der Waals surface area (Å²) in [6.07, 6.45) is 0. The number of para-hydroxylation sites is 1. The van der Waals surface area contributed by atoms with Crippen LogP contribution in [0.2, 0.25) is 0 Å². The third-order valence-corrected chi connectivity index (χ3v) is 2.99. The Balaban J connectivity index is 2.23. The Kier molecular flexibility index (Phi) is 2.78. The Bertz CT molecular complexity index is 699. The van der Waals surface area contributed by atoms with E-state index in [1.54, 1.807) is 0 Å². The Hall–Kier alpha value is -2.20. The number of nitrogens with one attached hydrogen (secondary N) is 1. The molecule has 0 radical (unpaired) electrons. The molecule has 1 N–H and O–H groups in total. The van der Waals surface area contributed by atoms with Gasteiger partial charge in [-0.05, 0) is 24.4 Å². The SMILES string of the molecule is S=c1[nH]nc(-c2ccccc2)n1-c1ccccc1. The molecular formula is C14H11N3S.